The van der Waals surface area contributed by atoms with Gasteiger partial charge in [0.1, 0.15) is 0 Å². The van der Waals surface area contributed by atoms with Crippen LogP contribution in [0.5, 0.6) is 0 Å². The minimum atomic E-state index is -0.946. The van der Waals surface area contributed by atoms with Gasteiger partial charge in [-0.15, -0.1) is 0 Å². The van der Waals surface area contributed by atoms with Gasteiger partial charge in [-0.05, 0) is 24.6 Å². The lowest BCUT2D eigenvalue weighted by Gasteiger charge is -1.98. The second kappa shape index (κ2) is 5.05. The van der Waals surface area contributed by atoms with Crippen LogP contribution >= 0.6 is 0 Å². The molecule has 0 atom stereocenters. The zero-order valence-corrected chi connectivity index (χ0v) is 8.30. The Morgan fingerprint density at radius 2 is 2.27 bits per heavy atom. The zero-order chi connectivity index (χ0) is 11.3. The first-order valence-electron chi connectivity index (χ1n) is 4.52. The Morgan fingerprint density at radius 1 is 1.53 bits per heavy atom. The molecule has 1 N–H and O–H groups in total. The van der Waals surface area contributed by atoms with Crippen LogP contribution in [0.2, 0.25) is 0 Å². The molecule has 0 unspecified atom stereocenters. The molecule has 78 valence electrons. The molecule has 1 rings (SSSR count). The Bertz CT molecular complexity index is 393. The first-order chi connectivity index (χ1) is 7.17. The number of nitrogens with zero attached hydrogens (tertiary/aromatic N) is 1. The lowest BCUT2D eigenvalue weighted by atomic mass is 10.1. The fourth-order valence-corrected chi connectivity index (χ4v) is 1.07. The number of carboxylic acid groups (broad SMARTS) is 1. The number of hydrogen-bond donors (Lipinski definition) is 1. The Hall–Kier alpha value is -1.97. The van der Waals surface area contributed by atoms with Crippen LogP contribution in [0.15, 0.2) is 23.9 Å². The van der Waals surface area contributed by atoms with E-state index in [0.29, 0.717) is 29.5 Å². The predicted molar refractivity (Wildman–Crippen MR) is 55.5 cm³/mol. The number of hydrogen-bond acceptors (Lipinski definition) is 3. The van der Waals surface area contributed by atoms with E-state index < -0.39 is 5.97 Å². The van der Waals surface area contributed by atoms with Crippen LogP contribution in [0.4, 0.5) is 0 Å². The van der Waals surface area contributed by atoms with Crippen molar-refractivity contribution in [3.8, 4) is 0 Å². The van der Waals surface area contributed by atoms with E-state index in [1.54, 1.807) is 19.1 Å². The fourth-order valence-electron chi connectivity index (χ4n) is 1.07. The predicted octanol–water partition coefficient (Wildman–Crippen LogP) is 1.77. The van der Waals surface area contributed by atoms with Crippen LogP contribution in [-0.4, -0.2) is 22.3 Å². The molecule has 1 aromatic heterocycles. The SMILES string of the molecule is CC/C(=C\c1ccc(C=O)cn1)C(=O)O. The summed E-state index contributed by atoms with van der Waals surface area (Å²) in [6.45, 7) is 1.76. The summed E-state index contributed by atoms with van der Waals surface area (Å²) in [6, 6.07) is 3.21. The maximum absolute atomic E-state index is 10.7. The van der Waals surface area contributed by atoms with E-state index in [9.17, 15) is 9.59 Å². The van der Waals surface area contributed by atoms with Gasteiger partial charge in [0, 0.05) is 17.3 Å². The molecule has 1 aromatic rings. The van der Waals surface area contributed by atoms with E-state index in [1.165, 1.54) is 12.3 Å². The highest BCUT2D eigenvalue weighted by Crippen LogP contribution is 2.08. The van der Waals surface area contributed by atoms with Crippen molar-refractivity contribution in [1.29, 1.82) is 0 Å². The standard InChI is InChI=1S/C11H11NO3/c1-2-9(11(14)15)5-10-4-3-8(7-13)6-12-10/h3-7H,2H2,1H3,(H,14,15)/b9-5+. The molecule has 0 aromatic carbocycles. The van der Waals surface area contributed by atoms with E-state index in [1.807, 2.05) is 0 Å². The summed E-state index contributed by atoms with van der Waals surface area (Å²) in [4.78, 5) is 25.0. The molecule has 0 bridgehead atoms. The van der Waals surface area contributed by atoms with Crippen LogP contribution in [0.3, 0.4) is 0 Å². The highest BCUT2D eigenvalue weighted by atomic mass is 16.4. The van der Waals surface area contributed by atoms with Crippen molar-refractivity contribution in [3.63, 3.8) is 0 Å². The molecule has 0 amide bonds. The maximum atomic E-state index is 10.7. The van der Waals surface area contributed by atoms with Gasteiger partial charge in [0.05, 0.1) is 5.69 Å². The van der Waals surface area contributed by atoms with Crippen molar-refractivity contribution in [1.82, 2.24) is 4.98 Å². The minimum Gasteiger partial charge on any atom is -0.478 e. The number of aliphatic carboxylic acids is 1. The van der Waals surface area contributed by atoms with Crippen molar-refractivity contribution < 1.29 is 14.7 Å². The molecular formula is C11H11NO3. The zero-order valence-electron chi connectivity index (χ0n) is 8.30. The van der Waals surface area contributed by atoms with Crippen molar-refractivity contribution in [2.75, 3.05) is 0 Å². The molecule has 0 spiro atoms. The van der Waals surface area contributed by atoms with Crippen LogP contribution < -0.4 is 0 Å². The molecule has 4 heteroatoms. The second-order valence-electron chi connectivity index (χ2n) is 2.96. The number of aldehydes is 1. The van der Waals surface area contributed by atoms with Crippen LogP contribution in [0.25, 0.3) is 6.08 Å². The quantitative estimate of drug-likeness (QED) is 0.600. The lowest BCUT2D eigenvalue weighted by Crippen LogP contribution is -1.99. The summed E-state index contributed by atoms with van der Waals surface area (Å²) >= 11 is 0. The Balaban J connectivity index is 2.96. The molecule has 1 heterocycles. The monoisotopic (exact) mass is 205 g/mol. The van der Waals surface area contributed by atoms with Crippen molar-refractivity contribution >= 4 is 18.3 Å². The molecule has 0 aliphatic carbocycles. The van der Waals surface area contributed by atoms with Crippen LogP contribution in [0.1, 0.15) is 29.4 Å². The molecule has 0 saturated heterocycles. The smallest absolute Gasteiger partial charge is 0.331 e. The summed E-state index contributed by atoms with van der Waals surface area (Å²) < 4.78 is 0. The fraction of sp³-hybridized carbons (Fsp3) is 0.182. The molecule has 15 heavy (non-hydrogen) atoms. The first kappa shape index (κ1) is 11.1. The second-order valence-corrected chi connectivity index (χ2v) is 2.96. The summed E-state index contributed by atoms with van der Waals surface area (Å²) in [5, 5.41) is 8.78. The van der Waals surface area contributed by atoms with Crippen molar-refractivity contribution in [3.05, 3.63) is 35.2 Å². The van der Waals surface area contributed by atoms with Gasteiger partial charge in [0.25, 0.3) is 0 Å². The van der Waals surface area contributed by atoms with E-state index in [4.69, 9.17) is 5.11 Å². The molecule has 0 radical (unpaired) electrons. The Morgan fingerprint density at radius 3 is 2.67 bits per heavy atom. The van der Waals surface area contributed by atoms with Crippen molar-refractivity contribution in [2.24, 2.45) is 0 Å². The van der Waals surface area contributed by atoms with E-state index in [2.05, 4.69) is 4.98 Å². The third kappa shape index (κ3) is 3.02. The van der Waals surface area contributed by atoms with Gasteiger partial charge in [0.2, 0.25) is 0 Å². The lowest BCUT2D eigenvalue weighted by molar-refractivity contribution is -0.132. The molecule has 0 fully saturated rings. The van der Waals surface area contributed by atoms with Gasteiger partial charge in [-0.25, -0.2) is 4.79 Å². The average molecular weight is 205 g/mol. The molecule has 0 aliphatic heterocycles. The van der Waals surface area contributed by atoms with Gasteiger partial charge in [-0.1, -0.05) is 6.92 Å². The Labute approximate surface area is 87.3 Å². The number of carbonyl (C=O) groups is 2. The maximum Gasteiger partial charge on any atom is 0.331 e. The van der Waals surface area contributed by atoms with Crippen LogP contribution in [-0.2, 0) is 4.79 Å². The Kier molecular flexibility index (Phi) is 3.74. The summed E-state index contributed by atoms with van der Waals surface area (Å²) in [5.41, 5.74) is 1.31. The van der Waals surface area contributed by atoms with Gasteiger partial charge >= 0.3 is 5.97 Å². The molecule has 0 saturated carbocycles. The van der Waals surface area contributed by atoms with Gasteiger partial charge in [-0.3, -0.25) is 9.78 Å². The third-order valence-corrected chi connectivity index (χ3v) is 1.92. The largest absolute Gasteiger partial charge is 0.478 e. The van der Waals surface area contributed by atoms with Crippen LogP contribution in [0, 0.1) is 0 Å². The number of aromatic nitrogens is 1. The highest BCUT2D eigenvalue weighted by molar-refractivity contribution is 5.91. The van der Waals surface area contributed by atoms with Gasteiger partial charge < -0.3 is 5.11 Å². The topological polar surface area (TPSA) is 67.3 Å². The van der Waals surface area contributed by atoms with E-state index in [-0.39, 0.29) is 0 Å². The number of carboxylic acids is 1. The molecule has 4 nitrogen and oxygen atoms in total. The highest BCUT2D eigenvalue weighted by Gasteiger charge is 2.04. The minimum absolute atomic E-state index is 0.293. The van der Waals surface area contributed by atoms with E-state index >= 15 is 0 Å². The number of carbonyl (C=O) groups excluding carboxylic acids is 1. The number of pyridine rings is 1. The summed E-state index contributed by atoms with van der Waals surface area (Å²) in [6.07, 6.45) is 4.04. The van der Waals surface area contributed by atoms with Crippen molar-refractivity contribution in [2.45, 2.75) is 13.3 Å². The first-order valence-corrected chi connectivity index (χ1v) is 4.52. The molecule has 0 aliphatic rings. The third-order valence-electron chi connectivity index (χ3n) is 1.92. The van der Waals surface area contributed by atoms with Gasteiger partial charge in [-0.2, -0.15) is 0 Å². The van der Waals surface area contributed by atoms with Gasteiger partial charge in [0.15, 0.2) is 6.29 Å². The van der Waals surface area contributed by atoms with E-state index in [0.717, 1.165) is 0 Å². The number of rotatable bonds is 4. The summed E-state index contributed by atoms with van der Waals surface area (Å²) in [7, 11) is 0. The average Bonchev–Trinajstić information content (AvgIpc) is 2.26. The molecular weight excluding hydrogens is 194 g/mol. The normalized spacial score (nSPS) is 11.1. The summed E-state index contributed by atoms with van der Waals surface area (Å²) in [5.74, 6) is -0.946.